The Bertz CT molecular complexity index is 581. The van der Waals surface area contributed by atoms with Crippen molar-refractivity contribution in [1.82, 2.24) is 0 Å². The molecule has 1 aliphatic rings. The summed E-state index contributed by atoms with van der Waals surface area (Å²) >= 11 is 0. The molecule has 1 aliphatic carbocycles. The van der Waals surface area contributed by atoms with Gasteiger partial charge >= 0.3 is 5.97 Å². The van der Waals surface area contributed by atoms with Crippen molar-refractivity contribution in [3.05, 3.63) is 60.8 Å². The number of hydrogen-bond donors (Lipinski definition) is 2. The van der Waals surface area contributed by atoms with Crippen molar-refractivity contribution in [2.45, 2.75) is 51.6 Å². The number of carboxylic acids is 1. The summed E-state index contributed by atoms with van der Waals surface area (Å²) in [5, 5.41) is 18.8. The lowest BCUT2D eigenvalue weighted by Gasteiger charge is -2.14. The van der Waals surface area contributed by atoms with Gasteiger partial charge in [0.15, 0.2) is 5.78 Å². The summed E-state index contributed by atoms with van der Waals surface area (Å²) in [5.41, 5.74) is 0. The molecule has 4 heteroatoms. The van der Waals surface area contributed by atoms with Crippen LogP contribution in [0.4, 0.5) is 0 Å². The monoisotopic (exact) mass is 358 g/mol. The molecule has 0 aromatic heterocycles. The Labute approximate surface area is 156 Å². The Morgan fingerprint density at radius 1 is 1.15 bits per heavy atom. The minimum absolute atomic E-state index is 0.0263. The lowest BCUT2D eigenvalue weighted by Crippen LogP contribution is -2.15. The maximum Gasteiger partial charge on any atom is 0.303 e. The number of hydrogen-bond acceptors (Lipinski definition) is 3. The van der Waals surface area contributed by atoms with Crippen molar-refractivity contribution in [2.75, 3.05) is 0 Å². The van der Waals surface area contributed by atoms with E-state index in [0.717, 1.165) is 19.3 Å². The van der Waals surface area contributed by atoms with Gasteiger partial charge in [0.2, 0.25) is 0 Å². The van der Waals surface area contributed by atoms with Crippen molar-refractivity contribution in [3.8, 4) is 0 Å². The number of carbonyl (C=O) groups excluding carboxylic acids is 1. The molecule has 0 saturated carbocycles. The van der Waals surface area contributed by atoms with Gasteiger partial charge in [0.1, 0.15) is 0 Å². The molecule has 0 aromatic rings. The van der Waals surface area contributed by atoms with Crippen LogP contribution < -0.4 is 0 Å². The lowest BCUT2D eigenvalue weighted by molar-refractivity contribution is -0.137. The highest BCUT2D eigenvalue weighted by Gasteiger charge is 2.28. The average Bonchev–Trinajstić information content (AvgIpc) is 2.96. The Kier molecular flexibility index (Phi) is 11.0. The summed E-state index contributed by atoms with van der Waals surface area (Å²) in [6.07, 6.45) is 22.2. The zero-order chi connectivity index (χ0) is 19.2. The SMILES string of the molecule is CC/C=C\C/C=C/C/C=C\C[C@@H](O)/C=C/[C@@H]1C(=O)C=C[C@@H]1CCC(=O)O. The van der Waals surface area contributed by atoms with Crippen molar-refractivity contribution in [1.29, 1.82) is 0 Å². The molecule has 0 aliphatic heterocycles. The van der Waals surface area contributed by atoms with Gasteiger partial charge in [0.05, 0.1) is 6.10 Å². The van der Waals surface area contributed by atoms with Gasteiger partial charge in [0.25, 0.3) is 0 Å². The third kappa shape index (κ3) is 9.33. The van der Waals surface area contributed by atoms with Crippen LogP contribution >= 0.6 is 0 Å². The third-order valence-corrected chi connectivity index (χ3v) is 4.19. The van der Waals surface area contributed by atoms with Gasteiger partial charge in [-0.2, -0.15) is 0 Å². The maximum atomic E-state index is 11.9. The van der Waals surface area contributed by atoms with Crippen LogP contribution in [0, 0.1) is 11.8 Å². The van der Waals surface area contributed by atoms with Crippen LogP contribution in [0.3, 0.4) is 0 Å². The quantitative estimate of drug-likeness (QED) is 0.507. The van der Waals surface area contributed by atoms with E-state index in [2.05, 4.69) is 31.2 Å². The molecule has 2 N–H and O–H groups in total. The summed E-state index contributed by atoms with van der Waals surface area (Å²) in [7, 11) is 0. The first-order chi connectivity index (χ1) is 12.5. The minimum Gasteiger partial charge on any atom is -0.481 e. The fourth-order valence-electron chi connectivity index (χ4n) is 2.73. The molecule has 0 aromatic carbocycles. The van der Waals surface area contributed by atoms with E-state index in [1.165, 1.54) is 6.08 Å². The molecule has 0 unspecified atom stereocenters. The molecule has 0 fully saturated rings. The van der Waals surface area contributed by atoms with Gasteiger partial charge in [-0.25, -0.2) is 0 Å². The van der Waals surface area contributed by atoms with E-state index in [1.807, 2.05) is 12.2 Å². The van der Waals surface area contributed by atoms with E-state index in [4.69, 9.17) is 5.11 Å². The van der Waals surface area contributed by atoms with Crippen LogP contribution in [0.25, 0.3) is 0 Å². The van der Waals surface area contributed by atoms with E-state index in [9.17, 15) is 14.7 Å². The Morgan fingerprint density at radius 3 is 2.46 bits per heavy atom. The van der Waals surface area contributed by atoms with Crippen LogP contribution in [-0.4, -0.2) is 28.1 Å². The highest BCUT2D eigenvalue weighted by molar-refractivity contribution is 5.95. The first kappa shape index (κ1) is 21.8. The van der Waals surface area contributed by atoms with Gasteiger partial charge in [-0.05, 0) is 44.1 Å². The van der Waals surface area contributed by atoms with Crippen molar-refractivity contribution >= 4 is 11.8 Å². The number of aliphatic hydroxyl groups excluding tert-OH is 1. The molecule has 0 spiro atoms. The smallest absolute Gasteiger partial charge is 0.303 e. The molecule has 0 heterocycles. The van der Waals surface area contributed by atoms with Crippen molar-refractivity contribution in [3.63, 3.8) is 0 Å². The summed E-state index contributed by atoms with van der Waals surface area (Å²) in [6, 6.07) is 0. The predicted octanol–water partition coefficient (Wildman–Crippen LogP) is 4.39. The number of carbonyl (C=O) groups is 2. The second-order valence-electron chi connectivity index (χ2n) is 6.37. The van der Waals surface area contributed by atoms with E-state index in [-0.39, 0.29) is 24.0 Å². The molecule has 0 radical (unpaired) electrons. The van der Waals surface area contributed by atoms with E-state index >= 15 is 0 Å². The molecule has 1 rings (SSSR count). The van der Waals surface area contributed by atoms with Crippen LogP contribution in [0.1, 0.15) is 45.4 Å². The van der Waals surface area contributed by atoms with E-state index in [1.54, 1.807) is 18.2 Å². The number of ketones is 1. The van der Waals surface area contributed by atoms with Gasteiger partial charge in [0, 0.05) is 12.3 Å². The Morgan fingerprint density at radius 2 is 1.81 bits per heavy atom. The fourth-order valence-corrected chi connectivity index (χ4v) is 2.73. The van der Waals surface area contributed by atoms with Gasteiger partial charge in [-0.15, -0.1) is 0 Å². The van der Waals surface area contributed by atoms with Gasteiger partial charge in [-0.3, -0.25) is 9.59 Å². The van der Waals surface area contributed by atoms with Gasteiger partial charge < -0.3 is 10.2 Å². The summed E-state index contributed by atoms with van der Waals surface area (Å²) in [5.74, 6) is -1.33. The fraction of sp³-hybridized carbons (Fsp3) is 0.455. The second kappa shape index (κ2) is 13.1. The molecule has 0 amide bonds. The summed E-state index contributed by atoms with van der Waals surface area (Å²) in [4.78, 5) is 22.6. The Balaban J connectivity index is 2.33. The topological polar surface area (TPSA) is 74.6 Å². The predicted molar refractivity (Wildman–Crippen MR) is 105 cm³/mol. The first-order valence-corrected chi connectivity index (χ1v) is 9.29. The van der Waals surface area contributed by atoms with Crippen LogP contribution in [0.2, 0.25) is 0 Å². The van der Waals surface area contributed by atoms with E-state index < -0.39 is 12.1 Å². The van der Waals surface area contributed by atoms with Gasteiger partial charge in [-0.1, -0.05) is 61.6 Å². The van der Waals surface area contributed by atoms with Crippen LogP contribution in [0.5, 0.6) is 0 Å². The van der Waals surface area contributed by atoms with E-state index in [0.29, 0.717) is 12.8 Å². The second-order valence-corrected chi connectivity index (χ2v) is 6.37. The number of rotatable bonds is 12. The summed E-state index contributed by atoms with van der Waals surface area (Å²) < 4.78 is 0. The number of allylic oxidation sites excluding steroid dienone is 8. The molecule has 26 heavy (non-hydrogen) atoms. The van der Waals surface area contributed by atoms with Crippen LogP contribution in [-0.2, 0) is 9.59 Å². The minimum atomic E-state index is -0.860. The third-order valence-electron chi connectivity index (χ3n) is 4.19. The number of aliphatic hydroxyl groups is 1. The molecular formula is C22H30O4. The number of carboxylic acid groups (broad SMARTS) is 1. The first-order valence-electron chi connectivity index (χ1n) is 9.29. The number of aliphatic carboxylic acids is 1. The van der Waals surface area contributed by atoms with Crippen molar-refractivity contribution < 1.29 is 19.8 Å². The average molecular weight is 358 g/mol. The van der Waals surface area contributed by atoms with Crippen molar-refractivity contribution in [2.24, 2.45) is 11.8 Å². The van der Waals surface area contributed by atoms with Crippen LogP contribution in [0.15, 0.2) is 60.8 Å². The standard InChI is InChI=1S/C22H30O4/c1-2-3-4-5-6-7-8-9-10-11-19(23)14-15-20-18(12-16-21(20)24)13-17-22(25)26/h3-4,6-7,9-10,12,14-16,18-20,23H,2,5,8,11,13,17H2,1H3,(H,25,26)/b4-3-,7-6+,10-9-,15-14+/t18-,19-,20+/m1/s1. The molecule has 142 valence electrons. The molecule has 0 bridgehead atoms. The maximum absolute atomic E-state index is 11.9. The zero-order valence-electron chi connectivity index (χ0n) is 15.5. The molecular weight excluding hydrogens is 328 g/mol. The normalized spacial score (nSPS) is 21.8. The largest absolute Gasteiger partial charge is 0.481 e. The molecule has 3 atom stereocenters. The summed E-state index contributed by atoms with van der Waals surface area (Å²) in [6.45, 7) is 2.11. The lowest BCUT2D eigenvalue weighted by atomic mass is 9.90. The Hall–Kier alpha value is -2.20. The molecule has 4 nitrogen and oxygen atoms in total. The highest BCUT2D eigenvalue weighted by atomic mass is 16.4. The highest BCUT2D eigenvalue weighted by Crippen LogP contribution is 2.28. The molecule has 0 saturated heterocycles. The zero-order valence-corrected chi connectivity index (χ0v) is 15.5.